The third-order valence-electron chi connectivity index (χ3n) is 3.23. The molecule has 0 radical (unpaired) electrons. The van der Waals surface area contributed by atoms with Gasteiger partial charge in [-0.3, -0.25) is 0 Å². The number of fused-ring (bicyclic) bond motifs is 1. The summed E-state index contributed by atoms with van der Waals surface area (Å²) in [5.41, 5.74) is 1.24. The highest BCUT2D eigenvalue weighted by molar-refractivity contribution is 7.99. The molecule has 1 aliphatic heterocycles. The summed E-state index contributed by atoms with van der Waals surface area (Å²) in [6.07, 6.45) is 2.38. The molecule has 2 unspecified atom stereocenters. The second-order valence-electron chi connectivity index (χ2n) is 4.80. The van der Waals surface area contributed by atoms with Crippen molar-refractivity contribution in [2.75, 3.05) is 12.8 Å². The van der Waals surface area contributed by atoms with Crippen LogP contribution in [0.3, 0.4) is 0 Å². The molecule has 2 rings (SSSR count). The Morgan fingerprint density at radius 3 is 3.06 bits per heavy atom. The quantitative estimate of drug-likeness (QED) is 0.822. The zero-order valence-electron chi connectivity index (χ0n) is 11.1. The van der Waals surface area contributed by atoms with Crippen LogP contribution in [0, 0.1) is 0 Å². The standard InChI is InChI=1S/C15H21NOS/c1-11(2)8-9-12(16-3)14-10-18-15-7-5-4-6-13(15)17-14/h4-7,12,14,16H,1,8-10H2,2-3H3. The van der Waals surface area contributed by atoms with Crippen molar-refractivity contribution in [2.45, 2.75) is 36.8 Å². The van der Waals surface area contributed by atoms with Gasteiger partial charge in [-0.1, -0.05) is 17.7 Å². The van der Waals surface area contributed by atoms with Gasteiger partial charge in [0.2, 0.25) is 0 Å². The summed E-state index contributed by atoms with van der Waals surface area (Å²) >= 11 is 1.89. The molecule has 98 valence electrons. The first-order valence-electron chi connectivity index (χ1n) is 6.41. The molecule has 3 heteroatoms. The van der Waals surface area contributed by atoms with Crippen LogP contribution < -0.4 is 10.1 Å². The molecule has 0 bridgehead atoms. The van der Waals surface area contributed by atoms with Gasteiger partial charge < -0.3 is 10.1 Å². The molecule has 1 aliphatic rings. The minimum absolute atomic E-state index is 0.245. The average Bonchev–Trinajstić information content (AvgIpc) is 2.39. The Kier molecular flexibility index (Phi) is 4.72. The van der Waals surface area contributed by atoms with E-state index < -0.39 is 0 Å². The third kappa shape index (κ3) is 3.30. The Balaban J connectivity index is 2.00. The van der Waals surface area contributed by atoms with Gasteiger partial charge in [-0.15, -0.1) is 18.3 Å². The summed E-state index contributed by atoms with van der Waals surface area (Å²) in [7, 11) is 2.01. The number of thioether (sulfide) groups is 1. The largest absolute Gasteiger partial charge is 0.487 e. The van der Waals surface area contributed by atoms with Gasteiger partial charge in [0, 0.05) is 16.7 Å². The van der Waals surface area contributed by atoms with Gasteiger partial charge in [0.05, 0.1) is 0 Å². The second-order valence-corrected chi connectivity index (χ2v) is 5.87. The Labute approximate surface area is 114 Å². The first-order valence-corrected chi connectivity index (χ1v) is 7.39. The molecule has 0 fully saturated rings. The lowest BCUT2D eigenvalue weighted by atomic mass is 10.0. The van der Waals surface area contributed by atoms with Crippen LogP contribution in [0.4, 0.5) is 0 Å². The molecular weight excluding hydrogens is 242 g/mol. The van der Waals surface area contributed by atoms with Crippen molar-refractivity contribution >= 4 is 11.8 Å². The highest BCUT2D eigenvalue weighted by atomic mass is 32.2. The number of ether oxygens (including phenoxy) is 1. The number of para-hydroxylation sites is 1. The molecule has 1 heterocycles. The van der Waals surface area contributed by atoms with Gasteiger partial charge in [-0.25, -0.2) is 0 Å². The lowest BCUT2D eigenvalue weighted by Crippen LogP contribution is -2.44. The Morgan fingerprint density at radius 1 is 1.56 bits per heavy atom. The summed E-state index contributed by atoms with van der Waals surface area (Å²) < 4.78 is 6.10. The zero-order valence-corrected chi connectivity index (χ0v) is 11.9. The van der Waals surface area contributed by atoms with E-state index in [0.29, 0.717) is 6.04 Å². The highest BCUT2D eigenvalue weighted by Crippen LogP contribution is 2.36. The fraction of sp³-hybridized carbons (Fsp3) is 0.467. The molecule has 0 saturated carbocycles. The Hall–Kier alpha value is -0.930. The minimum Gasteiger partial charge on any atom is -0.487 e. The fourth-order valence-electron chi connectivity index (χ4n) is 2.15. The van der Waals surface area contributed by atoms with Gasteiger partial charge in [-0.2, -0.15) is 0 Å². The van der Waals surface area contributed by atoms with Crippen LogP contribution in [0.2, 0.25) is 0 Å². The topological polar surface area (TPSA) is 21.3 Å². The summed E-state index contributed by atoms with van der Waals surface area (Å²) in [5.74, 6) is 2.04. The van der Waals surface area contributed by atoms with Crippen molar-refractivity contribution < 1.29 is 4.74 Å². The number of hydrogen-bond acceptors (Lipinski definition) is 3. The van der Waals surface area contributed by atoms with Crippen LogP contribution in [0.25, 0.3) is 0 Å². The Bertz CT molecular complexity index is 419. The van der Waals surface area contributed by atoms with Crippen LogP contribution in [0.15, 0.2) is 41.3 Å². The molecule has 0 aliphatic carbocycles. The van der Waals surface area contributed by atoms with E-state index in [0.717, 1.165) is 24.3 Å². The SMILES string of the molecule is C=C(C)CCC(NC)C1CSc2ccccc2O1. The molecule has 0 saturated heterocycles. The van der Waals surface area contributed by atoms with E-state index in [1.54, 1.807) is 0 Å². The highest BCUT2D eigenvalue weighted by Gasteiger charge is 2.26. The fourth-order valence-corrected chi connectivity index (χ4v) is 3.23. The summed E-state index contributed by atoms with van der Waals surface area (Å²) in [6.45, 7) is 6.05. The first kappa shape index (κ1) is 13.5. The first-order chi connectivity index (χ1) is 8.70. The van der Waals surface area contributed by atoms with E-state index in [2.05, 4.69) is 37.0 Å². The van der Waals surface area contributed by atoms with Crippen LogP contribution in [-0.4, -0.2) is 24.9 Å². The van der Waals surface area contributed by atoms with Gasteiger partial charge >= 0.3 is 0 Å². The van der Waals surface area contributed by atoms with Crippen LogP contribution in [-0.2, 0) is 0 Å². The van der Waals surface area contributed by atoms with Gasteiger partial charge in [0.1, 0.15) is 11.9 Å². The number of nitrogens with one attached hydrogen (secondary N) is 1. The average molecular weight is 263 g/mol. The van der Waals surface area contributed by atoms with E-state index in [-0.39, 0.29) is 6.10 Å². The van der Waals surface area contributed by atoms with Gasteiger partial charge in [0.25, 0.3) is 0 Å². The maximum atomic E-state index is 6.10. The lowest BCUT2D eigenvalue weighted by molar-refractivity contribution is 0.165. The summed E-state index contributed by atoms with van der Waals surface area (Å²) in [4.78, 5) is 1.25. The van der Waals surface area contributed by atoms with Crippen LogP contribution in [0.5, 0.6) is 5.75 Å². The monoisotopic (exact) mass is 263 g/mol. The lowest BCUT2D eigenvalue weighted by Gasteiger charge is -2.31. The number of benzene rings is 1. The van der Waals surface area contributed by atoms with E-state index in [1.807, 2.05) is 24.9 Å². The van der Waals surface area contributed by atoms with Crippen LogP contribution in [0.1, 0.15) is 19.8 Å². The molecular formula is C15H21NOS. The van der Waals surface area contributed by atoms with Crippen molar-refractivity contribution in [1.82, 2.24) is 5.32 Å². The smallest absolute Gasteiger partial charge is 0.133 e. The van der Waals surface area contributed by atoms with Crippen molar-refractivity contribution in [3.8, 4) is 5.75 Å². The van der Waals surface area contributed by atoms with Crippen molar-refractivity contribution in [1.29, 1.82) is 0 Å². The molecule has 0 spiro atoms. The molecule has 1 aromatic rings. The number of rotatable bonds is 5. The molecule has 1 aromatic carbocycles. The molecule has 1 N–H and O–H groups in total. The van der Waals surface area contributed by atoms with E-state index in [9.17, 15) is 0 Å². The maximum Gasteiger partial charge on any atom is 0.133 e. The molecule has 0 amide bonds. The van der Waals surface area contributed by atoms with Gasteiger partial charge in [-0.05, 0) is 38.9 Å². The Morgan fingerprint density at radius 2 is 2.33 bits per heavy atom. The minimum atomic E-state index is 0.245. The number of allylic oxidation sites excluding steroid dienone is 1. The normalized spacial score (nSPS) is 19.8. The maximum absolute atomic E-state index is 6.10. The zero-order chi connectivity index (χ0) is 13.0. The van der Waals surface area contributed by atoms with E-state index in [4.69, 9.17) is 4.74 Å². The van der Waals surface area contributed by atoms with Crippen molar-refractivity contribution in [2.24, 2.45) is 0 Å². The molecule has 0 aromatic heterocycles. The van der Waals surface area contributed by atoms with Crippen LogP contribution >= 0.6 is 11.8 Å². The molecule has 2 nitrogen and oxygen atoms in total. The third-order valence-corrected chi connectivity index (χ3v) is 4.38. The van der Waals surface area contributed by atoms with E-state index >= 15 is 0 Å². The van der Waals surface area contributed by atoms with Gasteiger partial charge in [0.15, 0.2) is 0 Å². The van der Waals surface area contributed by atoms with Crippen molar-refractivity contribution in [3.63, 3.8) is 0 Å². The predicted octanol–water partition coefficient (Wildman–Crippen LogP) is 3.48. The van der Waals surface area contributed by atoms with E-state index in [1.165, 1.54) is 10.5 Å². The second kappa shape index (κ2) is 6.30. The van der Waals surface area contributed by atoms with Crippen molar-refractivity contribution in [3.05, 3.63) is 36.4 Å². The number of hydrogen-bond donors (Lipinski definition) is 1. The molecule has 18 heavy (non-hydrogen) atoms. The summed E-state index contributed by atoms with van der Waals surface area (Å²) in [6, 6.07) is 8.66. The summed E-state index contributed by atoms with van der Waals surface area (Å²) in [5, 5.41) is 3.38. The number of likely N-dealkylation sites (N-methyl/N-ethyl adjacent to an activating group) is 1. The molecule has 2 atom stereocenters. The predicted molar refractivity (Wildman–Crippen MR) is 78.5 cm³/mol.